The summed E-state index contributed by atoms with van der Waals surface area (Å²) in [4.78, 5) is 127. The fourth-order valence-corrected chi connectivity index (χ4v) is 19.7. The van der Waals surface area contributed by atoms with Crippen LogP contribution in [0.2, 0.25) is 0 Å². The van der Waals surface area contributed by atoms with Crippen LogP contribution in [0.15, 0.2) is 72.8 Å². The monoisotopic (exact) mass is 1540 g/mol. The minimum atomic E-state index is -3.10. The third-order valence-corrected chi connectivity index (χ3v) is 25.9. The van der Waals surface area contributed by atoms with Gasteiger partial charge >= 0.3 is 24.1 Å². The van der Waals surface area contributed by atoms with Crippen molar-refractivity contribution in [1.82, 2.24) is 19.8 Å². The van der Waals surface area contributed by atoms with Crippen molar-refractivity contribution >= 4 is 69.1 Å². The minimum Gasteiger partial charge on any atom is -0.457 e. The van der Waals surface area contributed by atoms with Crippen LogP contribution >= 0.6 is 0 Å². The van der Waals surface area contributed by atoms with Crippen LogP contribution in [0.5, 0.6) is 0 Å². The van der Waals surface area contributed by atoms with Crippen LogP contribution < -0.4 is 0 Å². The average Bonchev–Trinajstić information content (AvgIpc) is 1.61. The summed E-state index contributed by atoms with van der Waals surface area (Å²) in [5.41, 5.74) is -3.73. The lowest BCUT2D eigenvalue weighted by atomic mass is 9.68. The van der Waals surface area contributed by atoms with E-state index in [0.717, 1.165) is 59.4 Å². The molecule has 6 aliphatic heterocycles. The third-order valence-electron chi connectivity index (χ3n) is 25.9. The number of hydrogen-bond acceptors (Lipinski definition) is 19. The Bertz CT molecular complexity index is 3940. The Morgan fingerprint density at radius 1 is 0.514 bits per heavy atom. The van der Waals surface area contributed by atoms with Crippen LogP contribution in [0.4, 0.5) is 14.0 Å². The number of halogens is 1. The van der Waals surface area contributed by atoms with E-state index in [0.29, 0.717) is 63.8 Å². The van der Waals surface area contributed by atoms with E-state index in [4.69, 9.17) is 47.9 Å². The van der Waals surface area contributed by atoms with Crippen LogP contribution in [0, 0.1) is 70.0 Å². The molecule has 8 heterocycles. The zero-order chi connectivity index (χ0) is 81.7. The Morgan fingerprint density at radius 3 is 1.40 bits per heavy atom. The molecule has 6 saturated heterocycles. The highest BCUT2D eigenvalue weighted by Gasteiger charge is 2.65. The molecule has 6 aliphatic rings. The Labute approximate surface area is 658 Å². The number of ether oxygens (including phenoxy) is 8. The summed E-state index contributed by atoms with van der Waals surface area (Å²) in [5.74, 6) is -8.71. The zero-order valence-corrected chi connectivity index (χ0v) is 70.0. The number of carbonyl (C=O) groups excluding carboxylic acids is 8. The number of alkyl halides is 1. The van der Waals surface area contributed by atoms with Crippen molar-refractivity contribution in [3.8, 4) is 0 Å². The fraction of sp³-hybridized carbons (Fsp3) is 0.708. The molecule has 2 unspecified atom stereocenters. The summed E-state index contributed by atoms with van der Waals surface area (Å²) in [5, 5.41) is 13.2. The quantitative estimate of drug-likeness (QED) is 0.0420. The number of hydrogen-bond donors (Lipinski definition) is 1. The van der Waals surface area contributed by atoms with E-state index in [1.165, 1.54) is 6.92 Å². The molecule has 10 rings (SSSR count). The van der Waals surface area contributed by atoms with Gasteiger partial charge in [-0.1, -0.05) is 166 Å². The molecule has 6 fully saturated rings. The van der Waals surface area contributed by atoms with Gasteiger partial charge in [0, 0.05) is 76.7 Å². The molecule has 0 spiro atoms. The number of carbonyl (C=O) groups is 8. The second kappa shape index (κ2) is 36.3. The van der Waals surface area contributed by atoms with Crippen LogP contribution in [-0.2, 0) is 79.5 Å². The number of para-hydroxylation sites is 2. The molecule has 614 valence electrons. The molecule has 22 heteroatoms. The van der Waals surface area contributed by atoms with E-state index in [9.17, 15) is 43.5 Å². The number of cyclic esters (lactones) is 2. The lowest BCUT2D eigenvalue weighted by Gasteiger charge is -2.46. The Hall–Kier alpha value is -6.85. The molecular formula is C89H129FN4O17. The lowest BCUT2D eigenvalue weighted by Crippen LogP contribution is -2.60. The zero-order valence-electron chi connectivity index (χ0n) is 70.0. The summed E-state index contributed by atoms with van der Waals surface area (Å²) >= 11 is 0. The number of ketones is 4. The standard InChI is InChI=1S/C45H66N2O8.C44H63FN2O9/c1-12-36-45(13-2)39(47(43(51)55-45)23-17-16-19-34-22-21-33-18-14-15-20-35(33)46-34)30(7)37(48)27(4)25-44(10,11)40(31(8)38(49)32(9)41(50)53-36)54-42-29(6)26(3)24-28(5)52-42;1-11-33-44(12-2)36(47(41(52)56-44)22-16-15-18-31-21-20-30-17-13-14-19-32(30)46-31)28(6)34(48)26(4)24-42(8,9)38(29(7)37(50)43(10,45)40(51)54-33)55-39-35(49)25(3)23-27(5)53-39/h14-15,18,20-22,26-32,36,39-40,42H,12-13,16-17,19,23-25H2,1-11H3;13-14,17,19-21,25-29,33,35-36,38-39,49H,11-12,15-16,18,22-24H2,1-10H3/t26-,27+,28+,29+,30-,31-,32+,36+,39+,40+,42?,45+;25-,26+,27+,28-,29-,33+,35+,36+,38+,39?,43-,44+/m00/s1. The predicted molar refractivity (Wildman–Crippen MR) is 421 cm³/mol. The predicted octanol–water partition coefficient (Wildman–Crippen LogP) is 16.3. The van der Waals surface area contributed by atoms with Crippen molar-refractivity contribution < 1.29 is 85.7 Å². The number of amides is 2. The van der Waals surface area contributed by atoms with Crippen LogP contribution in [-0.4, -0.2) is 169 Å². The summed E-state index contributed by atoms with van der Waals surface area (Å²) in [6.45, 7) is 39.0. The highest BCUT2D eigenvalue weighted by Crippen LogP contribution is 2.50. The molecule has 0 saturated carbocycles. The van der Waals surface area contributed by atoms with Gasteiger partial charge in [0.2, 0.25) is 0 Å². The van der Waals surface area contributed by atoms with Gasteiger partial charge in [0.05, 0.1) is 47.5 Å². The van der Waals surface area contributed by atoms with E-state index in [1.807, 2.05) is 157 Å². The van der Waals surface area contributed by atoms with Crippen molar-refractivity contribution in [2.45, 2.75) is 320 Å². The SMILES string of the molecule is CC[C@H]1OC(=O)[C@@](C)(F)C(=O)[C@H](C)[C@@H](OC2O[C@H](C)C[C@H](C)[C@H]2O)C(C)(C)C[C@@H](C)C(=O)[C@H](C)[C@H]2N(CCCCc3ccc4ccccc4n3)C(=O)O[C@]12CC.CC[C@H]1OC(=O)[C@H](C)C(=O)[C@H](C)[C@@H](OC2O[C@H](C)C[C@H](C)[C@H]2C)C(C)(C)C[C@@H](C)C(=O)[C@H](C)[C@H]2N(CCCCc3ccc4ccccc4n3)C(=O)O[C@]12CC. The Morgan fingerprint density at radius 2 is 0.937 bits per heavy atom. The first-order chi connectivity index (χ1) is 52.2. The highest BCUT2D eigenvalue weighted by atomic mass is 19.1. The number of pyridine rings is 2. The molecule has 2 aromatic carbocycles. The van der Waals surface area contributed by atoms with Gasteiger partial charge in [-0.2, -0.15) is 0 Å². The number of benzene rings is 2. The first kappa shape index (κ1) is 88.1. The van der Waals surface area contributed by atoms with Crippen molar-refractivity contribution in [2.75, 3.05) is 13.1 Å². The fourth-order valence-electron chi connectivity index (χ4n) is 19.7. The molecule has 1 N–H and O–H groups in total. The highest BCUT2D eigenvalue weighted by molar-refractivity contribution is 6.08. The summed E-state index contributed by atoms with van der Waals surface area (Å²) in [6.07, 6.45) is -0.501. The van der Waals surface area contributed by atoms with E-state index in [-0.39, 0.29) is 67.2 Å². The minimum absolute atomic E-state index is 0.00136. The maximum Gasteiger partial charge on any atom is 0.410 e. The third kappa shape index (κ3) is 18.8. The van der Waals surface area contributed by atoms with E-state index < -0.39 is 154 Å². The Kier molecular flexibility index (Phi) is 28.8. The topological polar surface area (TPSA) is 263 Å². The number of fused-ring (bicyclic) bond motifs is 4. The maximum atomic E-state index is 16.8. The first-order valence-corrected chi connectivity index (χ1v) is 41.5. The van der Waals surface area contributed by atoms with Crippen molar-refractivity contribution in [3.63, 3.8) is 0 Å². The molecule has 2 aromatic heterocycles. The second-order valence-electron chi connectivity index (χ2n) is 35.3. The number of rotatable bonds is 18. The number of aliphatic hydroxyl groups excluding tert-OH is 1. The molecule has 111 heavy (non-hydrogen) atoms. The largest absolute Gasteiger partial charge is 0.457 e. The van der Waals surface area contributed by atoms with Crippen molar-refractivity contribution in [2.24, 2.45) is 70.0 Å². The molecule has 21 nitrogen and oxygen atoms in total. The molecule has 0 aliphatic carbocycles. The van der Waals surface area contributed by atoms with Crippen LogP contribution in [0.25, 0.3) is 21.8 Å². The number of esters is 2. The molecule has 0 bridgehead atoms. The number of nitrogens with zero attached hydrogens (tertiary/aromatic N) is 4. The van der Waals surface area contributed by atoms with Gasteiger partial charge in [0.1, 0.15) is 35.8 Å². The normalized spacial score (nSPS) is 36.7. The van der Waals surface area contributed by atoms with Gasteiger partial charge in [-0.05, 0) is 165 Å². The summed E-state index contributed by atoms with van der Waals surface area (Å²) < 4.78 is 67.2. The van der Waals surface area contributed by atoms with E-state index >= 15 is 4.39 Å². The summed E-state index contributed by atoms with van der Waals surface area (Å²) in [6, 6.07) is 22.6. The number of aryl methyl sites for hydroxylation is 2. The first-order valence-electron chi connectivity index (χ1n) is 41.5. The smallest absolute Gasteiger partial charge is 0.410 e. The lowest BCUT2D eigenvalue weighted by molar-refractivity contribution is -0.284. The molecule has 24 atom stereocenters. The van der Waals surface area contributed by atoms with E-state index in [2.05, 4.69) is 19.9 Å². The van der Waals surface area contributed by atoms with Gasteiger partial charge in [-0.25, -0.2) is 18.8 Å². The van der Waals surface area contributed by atoms with Crippen molar-refractivity contribution in [3.05, 3.63) is 84.2 Å². The van der Waals surface area contributed by atoms with Crippen LogP contribution in [0.3, 0.4) is 0 Å². The van der Waals surface area contributed by atoms with Gasteiger partial charge in [-0.15, -0.1) is 0 Å². The van der Waals surface area contributed by atoms with Gasteiger partial charge < -0.3 is 52.8 Å². The number of unbranched alkanes of at least 4 members (excludes halogenated alkanes) is 2. The van der Waals surface area contributed by atoms with E-state index in [1.54, 1.807) is 37.5 Å². The Balaban J connectivity index is 0.000000255. The average molecular weight is 1550 g/mol. The van der Waals surface area contributed by atoms with Crippen LogP contribution in [0.1, 0.15) is 234 Å². The van der Waals surface area contributed by atoms with Gasteiger partial charge in [0.15, 0.2) is 35.3 Å². The number of aromatic nitrogens is 2. The molecular weight excluding hydrogens is 1420 g/mol. The number of aliphatic hydroxyl groups is 1. The van der Waals surface area contributed by atoms with Crippen molar-refractivity contribution in [1.29, 1.82) is 0 Å². The molecule has 2 amide bonds. The molecule has 4 aromatic rings. The second-order valence-corrected chi connectivity index (χ2v) is 35.3. The molecule has 0 radical (unpaired) electrons. The number of Topliss-reactive ketones (excluding diaryl/α,β-unsaturated/α-hetero) is 4. The van der Waals surface area contributed by atoms with Gasteiger partial charge in [0.25, 0.3) is 5.67 Å². The summed E-state index contributed by atoms with van der Waals surface area (Å²) in [7, 11) is 0. The maximum absolute atomic E-state index is 16.8. The van der Waals surface area contributed by atoms with Gasteiger partial charge in [-0.3, -0.25) is 33.9 Å².